The van der Waals surface area contributed by atoms with Crippen LogP contribution in [0.15, 0.2) is 53.9 Å². The number of hydrazone groups is 1. The summed E-state index contributed by atoms with van der Waals surface area (Å²) in [5.41, 5.74) is 4.26. The van der Waals surface area contributed by atoms with Gasteiger partial charge in [-0.3, -0.25) is 14.1 Å². The van der Waals surface area contributed by atoms with Crippen molar-refractivity contribution in [1.82, 2.24) is 10.4 Å². The van der Waals surface area contributed by atoms with Crippen LogP contribution in [-0.2, 0) is 14.8 Å². The minimum atomic E-state index is -3.60. The molecule has 0 aliphatic carbocycles. The van der Waals surface area contributed by atoms with Crippen molar-refractivity contribution in [2.45, 2.75) is 6.92 Å². The number of para-hydroxylation sites is 1. The van der Waals surface area contributed by atoms with Crippen LogP contribution in [0.2, 0.25) is 0 Å². The molecule has 1 N–H and O–H groups in total. The predicted octanol–water partition coefficient (Wildman–Crippen LogP) is 1.31. The molecule has 0 fully saturated rings. The van der Waals surface area contributed by atoms with Gasteiger partial charge in [-0.2, -0.15) is 5.10 Å². The lowest BCUT2D eigenvalue weighted by atomic mass is 10.2. The van der Waals surface area contributed by atoms with E-state index in [1.54, 1.807) is 55.7 Å². The largest absolute Gasteiger partial charge is 0.271 e. The summed E-state index contributed by atoms with van der Waals surface area (Å²) in [4.78, 5) is 15.9. The van der Waals surface area contributed by atoms with Gasteiger partial charge in [0.1, 0.15) is 6.54 Å². The minimum absolute atomic E-state index is 0.353. The fourth-order valence-corrected chi connectivity index (χ4v) is 2.94. The number of rotatable bonds is 6. The molecule has 1 amide bonds. The molecule has 7 nitrogen and oxygen atoms in total. The number of benzene rings is 1. The van der Waals surface area contributed by atoms with Crippen LogP contribution in [0.5, 0.6) is 0 Å². The molecule has 0 radical (unpaired) electrons. The highest BCUT2D eigenvalue weighted by atomic mass is 32.2. The number of carbonyl (C=O) groups is 1. The Hall–Kier alpha value is -2.74. The monoisotopic (exact) mass is 346 g/mol. The molecule has 0 saturated heterocycles. The molecule has 8 heteroatoms. The third-order valence-corrected chi connectivity index (χ3v) is 4.29. The van der Waals surface area contributed by atoms with Crippen LogP contribution in [-0.4, -0.2) is 38.3 Å². The molecular formula is C16H18N4O3S. The van der Waals surface area contributed by atoms with Crippen LogP contribution in [0.4, 0.5) is 5.69 Å². The first-order valence-electron chi connectivity index (χ1n) is 7.13. The van der Waals surface area contributed by atoms with Crippen LogP contribution >= 0.6 is 0 Å². The van der Waals surface area contributed by atoms with Crippen LogP contribution in [0.25, 0.3) is 0 Å². The topological polar surface area (TPSA) is 91.7 Å². The Morgan fingerprint density at radius 1 is 1.29 bits per heavy atom. The highest BCUT2D eigenvalue weighted by Crippen LogP contribution is 2.21. The van der Waals surface area contributed by atoms with E-state index in [0.717, 1.165) is 21.7 Å². The summed E-state index contributed by atoms with van der Waals surface area (Å²) in [7, 11) is -3.60. The van der Waals surface area contributed by atoms with Gasteiger partial charge in [0.2, 0.25) is 10.0 Å². The minimum Gasteiger partial charge on any atom is -0.271 e. The van der Waals surface area contributed by atoms with E-state index in [0.29, 0.717) is 5.69 Å². The lowest BCUT2D eigenvalue weighted by molar-refractivity contribution is -0.119. The second kappa shape index (κ2) is 7.69. The molecule has 0 spiro atoms. The maximum atomic E-state index is 12.0. The number of carbonyl (C=O) groups excluding carboxylic acids is 1. The summed E-state index contributed by atoms with van der Waals surface area (Å²) in [6.45, 7) is 1.43. The first-order valence-corrected chi connectivity index (χ1v) is 8.98. The summed E-state index contributed by atoms with van der Waals surface area (Å²) in [5.74, 6) is -0.538. The normalized spacial score (nSPS) is 11.4. The van der Waals surface area contributed by atoms with E-state index in [2.05, 4.69) is 15.5 Å². The molecular weight excluding hydrogens is 328 g/mol. The quantitative estimate of drug-likeness (QED) is 0.630. The van der Waals surface area contributed by atoms with Gasteiger partial charge in [-0.15, -0.1) is 0 Å². The van der Waals surface area contributed by atoms with Crippen molar-refractivity contribution in [2.75, 3.05) is 17.1 Å². The molecule has 2 aromatic rings. The summed E-state index contributed by atoms with van der Waals surface area (Å²) in [6, 6.07) is 10.5. The molecule has 1 aromatic heterocycles. The van der Waals surface area contributed by atoms with Crippen LogP contribution in [0, 0.1) is 6.92 Å². The smallest absolute Gasteiger partial charge is 0.260 e. The highest BCUT2D eigenvalue weighted by molar-refractivity contribution is 7.92. The molecule has 0 unspecified atom stereocenters. The number of sulfonamides is 1. The van der Waals surface area contributed by atoms with E-state index in [1.807, 2.05) is 0 Å². The predicted molar refractivity (Wildman–Crippen MR) is 93.3 cm³/mol. The van der Waals surface area contributed by atoms with Crippen molar-refractivity contribution in [3.05, 3.63) is 59.9 Å². The van der Waals surface area contributed by atoms with Crippen molar-refractivity contribution in [2.24, 2.45) is 5.10 Å². The Labute approximate surface area is 141 Å². The van der Waals surface area contributed by atoms with Crippen molar-refractivity contribution >= 4 is 27.8 Å². The number of nitrogens with zero attached hydrogens (tertiary/aromatic N) is 3. The Balaban J connectivity index is 2.09. The lowest BCUT2D eigenvalue weighted by Crippen LogP contribution is -2.39. The summed E-state index contributed by atoms with van der Waals surface area (Å²) in [5, 5.41) is 3.81. The van der Waals surface area contributed by atoms with E-state index in [-0.39, 0.29) is 6.54 Å². The molecule has 1 aromatic carbocycles. The third-order valence-electron chi connectivity index (χ3n) is 3.16. The number of anilines is 1. The third kappa shape index (κ3) is 4.88. The van der Waals surface area contributed by atoms with E-state index in [4.69, 9.17) is 0 Å². The highest BCUT2D eigenvalue weighted by Gasteiger charge is 2.21. The Morgan fingerprint density at radius 2 is 2.04 bits per heavy atom. The van der Waals surface area contributed by atoms with E-state index < -0.39 is 15.9 Å². The van der Waals surface area contributed by atoms with Gasteiger partial charge in [0.25, 0.3) is 5.91 Å². The molecule has 0 saturated carbocycles. The zero-order valence-corrected chi connectivity index (χ0v) is 14.2. The second-order valence-electron chi connectivity index (χ2n) is 5.14. The zero-order valence-electron chi connectivity index (χ0n) is 13.4. The summed E-state index contributed by atoms with van der Waals surface area (Å²) < 4.78 is 25.1. The number of hydrogen-bond acceptors (Lipinski definition) is 5. The first kappa shape index (κ1) is 17.6. The maximum Gasteiger partial charge on any atom is 0.260 e. The van der Waals surface area contributed by atoms with Crippen LogP contribution in [0.3, 0.4) is 0 Å². The molecule has 0 bridgehead atoms. The Morgan fingerprint density at radius 3 is 2.67 bits per heavy atom. The maximum absolute atomic E-state index is 12.0. The fraction of sp³-hybridized carbons (Fsp3) is 0.188. The number of amides is 1. The van der Waals surface area contributed by atoms with Crippen LogP contribution < -0.4 is 9.73 Å². The molecule has 2 rings (SSSR count). The SMILES string of the molecule is Cc1ccccc1N(CC(=O)N/N=C\c1cccnc1)S(C)(=O)=O. The van der Waals surface area contributed by atoms with Gasteiger partial charge in [0.05, 0.1) is 18.2 Å². The van der Waals surface area contributed by atoms with E-state index in [9.17, 15) is 13.2 Å². The van der Waals surface area contributed by atoms with Gasteiger partial charge in [-0.05, 0) is 24.6 Å². The number of aromatic nitrogens is 1. The van der Waals surface area contributed by atoms with Crippen LogP contribution in [0.1, 0.15) is 11.1 Å². The molecule has 0 aliphatic rings. The van der Waals surface area contributed by atoms with Crippen molar-refractivity contribution in [3.63, 3.8) is 0 Å². The summed E-state index contributed by atoms with van der Waals surface area (Å²) in [6.07, 6.45) is 5.71. The standard InChI is InChI=1S/C16H18N4O3S/c1-13-6-3-4-8-15(13)20(24(2,22)23)12-16(21)19-18-11-14-7-5-9-17-10-14/h3-11H,12H2,1-2H3,(H,19,21)/b18-11-. The number of pyridine rings is 1. The summed E-state index contributed by atoms with van der Waals surface area (Å²) >= 11 is 0. The average molecular weight is 346 g/mol. The molecule has 0 aliphatic heterocycles. The molecule has 126 valence electrons. The van der Waals surface area contributed by atoms with Crippen molar-refractivity contribution in [3.8, 4) is 0 Å². The van der Waals surface area contributed by atoms with E-state index >= 15 is 0 Å². The molecule has 24 heavy (non-hydrogen) atoms. The Kier molecular flexibility index (Phi) is 5.64. The Bertz CT molecular complexity index is 835. The average Bonchev–Trinajstić information content (AvgIpc) is 2.53. The zero-order chi connectivity index (χ0) is 17.6. The van der Waals surface area contributed by atoms with Gasteiger partial charge in [-0.25, -0.2) is 13.8 Å². The van der Waals surface area contributed by atoms with Crippen molar-refractivity contribution < 1.29 is 13.2 Å². The van der Waals surface area contributed by atoms with Gasteiger partial charge < -0.3 is 0 Å². The lowest BCUT2D eigenvalue weighted by Gasteiger charge is -2.23. The second-order valence-corrected chi connectivity index (χ2v) is 7.04. The number of nitrogens with one attached hydrogen (secondary N) is 1. The molecule has 0 atom stereocenters. The van der Waals surface area contributed by atoms with E-state index in [1.165, 1.54) is 6.21 Å². The van der Waals surface area contributed by atoms with Crippen molar-refractivity contribution in [1.29, 1.82) is 0 Å². The van der Waals surface area contributed by atoms with Gasteiger partial charge in [0, 0.05) is 18.0 Å². The molecule has 1 heterocycles. The van der Waals surface area contributed by atoms with Gasteiger partial charge in [-0.1, -0.05) is 24.3 Å². The fourth-order valence-electron chi connectivity index (χ4n) is 2.02. The number of hydrogen-bond donors (Lipinski definition) is 1. The van der Waals surface area contributed by atoms with Gasteiger partial charge in [0.15, 0.2) is 0 Å². The first-order chi connectivity index (χ1) is 11.4. The number of aryl methyl sites for hydroxylation is 1. The van der Waals surface area contributed by atoms with Gasteiger partial charge >= 0.3 is 0 Å².